The number of hydrogen-bond donors (Lipinski definition) is 1. The SMILES string of the molecule is O=C1C=CNC1C1CCCCC1. The molecule has 0 amide bonds. The first kappa shape index (κ1) is 7.84. The minimum Gasteiger partial charge on any atom is -0.381 e. The fourth-order valence-electron chi connectivity index (χ4n) is 2.26. The molecule has 0 saturated heterocycles. The molecule has 0 spiro atoms. The molecule has 0 aromatic heterocycles. The summed E-state index contributed by atoms with van der Waals surface area (Å²) in [6.07, 6.45) is 9.87. The monoisotopic (exact) mass is 165 g/mol. The van der Waals surface area contributed by atoms with Crippen molar-refractivity contribution in [1.82, 2.24) is 5.32 Å². The molecular formula is C10H15NO. The third-order valence-corrected chi connectivity index (χ3v) is 2.95. The van der Waals surface area contributed by atoms with Crippen LogP contribution in [0.3, 0.4) is 0 Å². The smallest absolute Gasteiger partial charge is 0.179 e. The first-order valence-electron chi connectivity index (χ1n) is 4.84. The summed E-state index contributed by atoms with van der Waals surface area (Å²) >= 11 is 0. The van der Waals surface area contributed by atoms with Crippen LogP contribution < -0.4 is 5.32 Å². The average molecular weight is 165 g/mol. The van der Waals surface area contributed by atoms with Gasteiger partial charge in [0.1, 0.15) is 0 Å². The van der Waals surface area contributed by atoms with Crippen molar-refractivity contribution in [3.63, 3.8) is 0 Å². The molecule has 66 valence electrons. The van der Waals surface area contributed by atoms with Crippen molar-refractivity contribution in [1.29, 1.82) is 0 Å². The highest BCUT2D eigenvalue weighted by molar-refractivity contribution is 5.96. The third-order valence-electron chi connectivity index (χ3n) is 2.95. The maximum Gasteiger partial charge on any atom is 0.179 e. The van der Waals surface area contributed by atoms with E-state index in [1.54, 1.807) is 12.3 Å². The van der Waals surface area contributed by atoms with E-state index in [-0.39, 0.29) is 11.8 Å². The van der Waals surface area contributed by atoms with Crippen molar-refractivity contribution in [3.8, 4) is 0 Å². The average Bonchev–Trinajstić information content (AvgIpc) is 2.53. The van der Waals surface area contributed by atoms with Crippen LogP contribution in [0.2, 0.25) is 0 Å². The molecule has 2 aliphatic rings. The standard InChI is InChI=1S/C10H15NO/c12-9-6-7-11-10(9)8-4-2-1-3-5-8/h6-8,10-11H,1-5H2. The second kappa shape index (κ2) is 3.30. The lowest BCUT2D eigenvalue weighted by molar-refractivity contribution is -0.116. The molecule has 1 N–H and O–H groups in total. The summed E-state index contributed by atoms with van der Waals surface area (Å²) in [6.45, 7) is 0. The molecule has 1 heterocycles. The van der Waals surface area contributed by atoms with Crippen molar-refractivity contribution < 1.29 is 4.79 Å². The maximum absolute atomic E-state index is 11.3. The van der Waals surface area contributed by atoms with Crippen LogP contribution in [0.5, 0.6) is 0 Å². The zero-order valence-corrected chi connectivity index (χ0v) is 7.25. The number of nitrogens with one attached hydrogen (secondary N) is 1. The predicted octanol–water partition coefficient (Wildman–Crippen LogP) is 1.62. The largest absolute Gasteiger partial charge is 0.381 e. The molecule has 1 aliphatic carbocycles. The van der Waals surface area contributed by atoms with E-state index < -0.39 is 0 Å². The molecule has 2 heteroatoms. The Kier molecular flexibility index (Phi) is 2.15. The maximum atomic E-state index is 11.3. The molecule has 12 heavy (non-hydrogen) atoms. The fourth-order valence-corrected chi connectivity index (χ4v) is 2.26. The highest BCUT2D eigenvalue weighted by atomic mass is 16.1. The van der Waals surface area contributed by atoms with Crippen LogP contribution in [0.1, 0.15) is 32.1 Å². The molecule has 0 radical (unpaired) electrons. The Bertz CT molecular complexity index is 204. The molecular weight excluding hydrogens is 150 g/mol. The van der Waals surface area contributed by atoms with E-state index in [1.807, 2.05) is 0 Å². The summed E-state index contributed by atoms with van der Waals surface area (Å²) in [4.78, 5) is 11.3. The minimum absolute atomic E-state index is 0.116. The van der Waals surface area contributed by atoms with Gasteiger partial charge in [0, 0.05) is 6.20 Å². The summed E-state index contributed by atoms with van der Waals surface area (Å²) in [5.74, 6) is 0.878. The van der Waals surface area contributed by atoms with Crippen LogP contribution >= 0.6 is 0 Å². The van der Waals surface area contributed by atoms with E-state index in [0.717, 1.165) is 0 Å². The third kappa shape index (κ3) is 1.38. The molecule has 1 saturated carbocycles. The van der Waals surface area contributed by atoms with Gasteiger partial charge in [-0.1, -0.05) is 19.3 Å². The van der Waals surface area contributed by atoms with E-state index >= 15 is 0 Å². The second-order valence-electron chi connectivity index (χ2n) is 3.78. The van der Waals surface area contributed by atoms with Crippen molar-refractivity contribution in [3.05, 3.63) is 12.3 Å². The van der Waals surface area contributed by atoms with Gasteiger partial charge < -0.3 is 5.32 Å². The zero-order chi connectivity index (χ0) is 8.39. The topological polar surface area (TPSA) is 29.1 Å². The minimum atomic E-state index is 0.116. The van der Waals surface area contributed by atoms with Crippen LogP contribution in [0.25, 0.3) is 0 Å². The molecule has 1 unspecified atom stereocenters. The van der Waals surface area contributed by atoms with E-state index in [0.29, 0.717) is 5.92 Å². The lowest BCUT2D eigenvalue weighted by Crippen LogP contribution is -2.36. The first-order valence-corrected chi connectivity index (χ1v) is 4.84. The summed E-state index contributed by atoms with van der Waals surface area (Å²) in [5.41, 5.74) is 0. The summed E-state index contributed by atoms with van der Waals surface area (Å²) in [6, 6.07) is 0.116. The van der Waals surface area contributed by atoms with E-state index in [1.165, 1.54) is 32.1 Å². The number of rotatable bonds is 1. The Morgan fingerprint density at radius 1 is 1.25 bits per heavy atom. The van der Waals surface area contributed by atoms with Crippen molar-refractivity contribution >= 4 is 5.78 Å². The zero-order valence-electron chi connectivity index (χ0n) is 7.25. The highest BCUT2D eigenvalue weighted by Crippen LogP contribution is 2.27. The molecule has 0 aromatic rings. The van der Waals surface area contributed by atoms with E-state index in [9.17, 15) is 4.79 Å². The van der Waals surface area contributed by atoms with Crippen LogP contribution in [0.4, 0.5) is 0 Å². The van der Waals surface area contributed by atoms with Crippen molar-refractivity contribution in [2.45, 2.75) is 38.1 Å². The van der Waals surface area contributed by atoms with Crippen molar-refractivity contribution in [2.75, 3.05) is 0 Å². The van der Waals surface area contributed by atoms with Gasteiger partial charge in [0.05, 0.1) is 6.04 Å². The lowest BCUT2D eigenvalue weighted by atomic mass is 9.83. The predicted molar refractivity (Wildman–Crippen MR) is 47.6 cm³/mol. The molecule has 2 nitrogen and oxygen atoms in total. The normalized spacial score (nSPS) is 30.7. The number of carbonyl (C=O) groups is 1. The fraction of sp³-hybridized carbons (Fsp3) is 0.700. The van der Waals surface area contributed by atoms with Crippen molar-refractivity contribution in [2.24, 2.45) is 5.92 Å². The van der Waals surface area contributed by atoms with Crippen LogP contribution in [0, 0.1) is 5.92 Å². The first-order chi connectivity index (χ1) is 5.88. The molecule has 1 atom stereocenters. The highest BCUT2D eigenvalue weighted by Gasteiger charge is 2.29. The Balaban J connectivity index is 1.95. The Labute approximate surface area is 73.0 Å². The lowest BCUT2D eigenvalue weighted by Gasteiger charge is -2.26. The molecule has 0 aromatic carbocycles. The van der Waals surface area contributed by atoms with Gasteiger partial charge in [0.25, 0.3) is 0 Å². The van der Waals surface area contributed by atoms with Crippen LogP contribution in [0.15, 0.2) is 12.3 Å². The summed E-state index contributed by atoms with van der Waals surface area (Å²) in [5, 5.41) is 3.15. The number of ketones is 1. The number of carbonyl (C=O) groups excluding carboxylic acids is 1. The summed E-state index contributed by atoms with van der Waals surface area (Å²) in [7, 11) is 0. The Morgan fingerprint density at radius 3 is 2.58 bits per heavy atom. The van der Waals surface area contributed by atoms with Gasteiger partial charge in [-0.15, -0.1) is 0 Å². The van der Waals surface area contributed by atoms with E-state index in [4.69, 9.17) is 0 Å². The molecule has 2 rings (SSSR count). The van der Waals surface area contributed by atoms with Crippen LogP contribution in [-0.4, -0.2) is 11.8 Å². The second-order valence-corrected chi connectivity index (χ2v) is 3.78. The van der Waals surface area contributed by atoms with Gasteiger partial charge in [-0.2, -0.15) is 0 Å². The summed E-state index contributed by atoms with van der Waals surface area (Å²) < 4.78 is 0. The van der Waals surface area contributed by atoms with Gasteiger partial charge >= 0.3 is 0 Å². The van der Waals surface area contributed by atoms with Gasteiger partial charge in [0.2, 0.25) is 0 Å². The van der Waals surface area contributed by atoms with Crippen LogP contribution in [-0.2, 0) is 4.79 Å². The van der Waals surface area contributed by atoms with Gasteiger partial charge in [0.15, 0.2) is 5.78 Å². The van der Waals surface area contributed by atoms with Gasteiger partial charge in [-0.3, -0.25) is 4.79 Å². The van der Waals surface area contributed by atoms with Gasteiger partial charge in [-0.05, 0) is 24.8 Å². The molecule has 0 bridgehead atoms. The quantitative estimate of drug-likeness (QED) is 0.639. The molecule has 1 aliphatic heterocycles. The Hall–Kier alpha value is -0.790. The molecule has 1 fully saturated rings. The van der Waals surface area contributed by atoms with E-state index in [2.05, 4.69) is 5.32 Å². The Morgan fingerprint density at radius 2 is 2.00 bits per heavy atom. The van der Waals surface area contributed by atoms with Gasteiger partial charge in [-0.25, -0.2) is 0 Å². The number of hydrogen-bond acceptors (Lipinski definition) is 2.